The minimum atomic E-state index is -0.150. The number of anilines is 2. The number of benzene rings is 6. The minimum Gasteiger partial charge on any atom is -0.376 e. The van der Waals surface area contributed by atoms with Gasteiger partial charge in [0, 0.05) is 38.8 Å². The van der Waals surface area contributed by atoms with Crippen LogP contribution in [0.4, 0.5) is 11.4 Å². The Hall–Kier alpha value is -5.02. The summed E-state index contributed by atoms with van der Waals surface area (Å²) >= 11 is 0. The molecule has 0 radical (unpaired) electrons. The average Bonchev–Trinajstić information content (AvgIpc) is 3.38. The molecular formula is C39H29BN2. The van der Waals surface area contributed by atoms with Gasteiger partial charge in [-0.2, -0.15) is 0 Å². The van der Waals surface area contributed by atoms with Gasteiger partial charge in [0.2, 0.25) is 0 Å². The molecule has 0 bridgehead atoms. The van der Waals surface area contributed by atoms with E-state index in [1.807, 2.05) is 0 Å². The van der Waals surface area contributed by atoms with Crippen molar-refractivity contribution in [3.63, 3.8) is 0 Å². The van der Waals surface area contributed by atoms with Gasteiger partial charge in [-0.05, 0) is 45.8 Å². The highest BCUT2D eigenvalue weighted by Crippen LogP contribution is 2.53. The fourth-order valence-corrected chi connectivity index (χ4v) is 7.79. The highest BCUT2D eigenvalue weighted by Gasteiger charge is 2.45. The molecule has 2 aliphatic rings. The Balaban J connectivity index is 1.44. The molecule has 0 N–H and O–H groups in total. The molecule has 0 spiro atoms. The second-order valence-electron chi connectivity index (χ2n) is 12.1. The zero-order valence-corrected chi connectivity index (χ0v) is 23.8. The summed E-state index contributed by atoms with van der Waals surface area (Å²) in [6.07, 6.45) is 0. The van der Waals surface area contributed by atoms with Gasteiger partial charge in [0.05, 0.1) is 11.0 Å². The van der Waals surface area contributed by atoms with Crippen LogP contribution in [-0.2, 0) is 5.41 Å². The predicted molar refractivity (Wildman–Crippen MR) is 178 cm³/mol. The Morgan fingerprint density at radius 1 is 0.524 bits per heavy atom. The molecule has 9 rings (SSSR count). The zero-order chi connectivity index (χ0) is 28.0. The highest BCUT2D eigenvalue weighted by atomic mass is 15.1. The van der Waals surface area contributed by atoms with E-state index in [0.29, 0.717) is 0 Å². The molecule has 3 heteroatoms. The van der Waals surface area contributed by atoms with E-state index in [2.05, 4.69) is 163 Å². The van der Waals surface area contributed by atoms with Crippen molar-refractivity contribution in [1.82, 2.24) is 4.57 Å². The number of hydrogen-bond acceptors (Lipinski definition) is 1. The molecule has 0 amide bonds. The fourth-order valence-electron chi connectivity index (χ4n) is 7.79. The maximum atomic E-state index is 2.66. The van der Waals surface area contributed by atoms with Gasteiger partial charge in [-0.1, -0.05) is 135 Å². The summed E-state index contributed by atoms with van der Waals surface area (Å²) in [5.74, 6) is 0. The molecule has 0 saturated carbocycles. The first kappa shape index (κ1) is 23.7. The molecule has 1 aromatic heterocycles. The van der Waals surface area contributed by atoms with Crippen molar-refractivity contribution in [1.29, 1.82) is 0 Å². The van der Waals surface area contributed by atoms with Gasteiger partial charge in [0.15, 0.2) is 0 Å². The van der Waals surface area contributed by atoms with Crippen molar-refractivity contribution in [3.05, 3.63) is 151 Å². The quantitative estimate of drug-likeness (QED) is 0.202. The Kier molecular flexibility index (Phi) is 4.79. The maximum absolute atomic E-state index is 2.66. The van der Waals surface area contributed by atoms with Crippen LogP contribution in [0.2, 0.25) is 0 Å². The summed E-state index contributed by atoms with van der Waals surface area (Å²) in [5.41, 5.74) is 14.1. The smallest absolute Gasteiger partial charge is 0.332 e. The van der Waals surface area contributed by atoms with Gasteiger partial charge in [0.1, 0.15) is 0 Å². The number of rotatable bonds is 2. The van der Waals surface area contributed by atoms with E-state index in [0.717, 1.165) is 0 Å². The number of hydrogen-bond donors (Lipinski definition) is 0. The van der Waals surface area contributed by atoms with Gasteiger partial charge < -0.3 is 9.38 Å². The summed E-state index contributed by atoms with van der Waals surface area (Å²) in [6.45, 7) is 4.76. The molecule has 3 heterocycles. The summed E-state index contributed by atoms with van der Waals surface area (Å²) in [5, 5.41) is 2.61. The topological polar surface area (TPSA) is 8.17 Å². The van der Waals surface area contributed by atoms with Crippen molar-refractivity contribution in [2.24, 2.45) is 0 Å². The molecule has 6 aromatic carbocycles. The van der Waals surface area contributed by atoms with E-state index in [1.165, 1.54) is 72.0 Å². The third-order valence-corrected chi connectivity index (χ3v) is 9.62. The van der Waals surface area contributed by atoms with E-state index >= 15 is 0 Å². The second-order valence-corrected chi connectivity index (χ2v) is 12.1. The van der Waals surface area contributed by atoms with Crippen LogP contribution in [0.3, 0.4) is 0 Å². The molecule has 7 aromatic rings. The minimum absolute atomic E-state index is 0.00238. The van der Waals surface area contributed by atoms with Crippen LogP contribution in [0.25, 0.3) is 38.6 Å². The predicted octanol–water partition coefficient (Wildman–Crippen LogP) is 8.35. The van der Waals surface area contributed by atoms with Crippen LogP contribution >= 0.6 is 0 Å². The van der Waals surface area contributed by atoms with E-state index in [1.54, 1.807) is 0 Å². The molecule has 0 unspecified atom stereocenters. The van der Waals surface area contributed by atoms with E-state index in [9.17, 15) is 0 Å². The number of nitrogens with zero attached hydrogens (tertiary/aromatic N) is 2. The monoisotopic (exact) mass is 536 g/mol. The third kappa shape index (κ3) is 3.00. The molecule has 0 aliphatic carbocycles. The lowest BCUT2D eigenvalue weighted by Crippen LogP contribution is -2.59. The van der Waals surface area contributed by atoms with Gasteiger partial charge in [-0.25, -0.2) is 0 Å². The van der Waals surface area contributed by atoms with E-state index in [4.69, 9.17) is 0 Å². The van der Waals surface area contributed by atoms with E-state index in [-0.39, 0.29) is 12.3 Å². The summed E-state index contributed by atoms with van der Waals surface area (Å²) < 4.78 is 2.50. The standard InChI is InChI=1S/C39H29BN2/c1-39(2)30-19-7-10-24-35(30)42(37-27(17-12-20-31(37)39)26-14-4-3-5-15-26)40-32-21-8-11-25-36(32)41-34-23-9-6-16-28(34)29-18-13-22-33(40)38(29)41/h3-25H,1-2H3. The van der Waals surface area contributed by atoms with Crippen molar-refractivity contribution >= 4 is 51.0 Å². The van der Waals surface area contributed by atoms with Crippen LogP contribution < -0.4 is 15.7 Å². The van der Waals surface area contributed by atoms with Crippen molar-refractivity contribution < 1.29 is 0 Å². The summed E-state index contributed by atoms with van der Waals surface area (Å²) in [7, 11) is 0. The second kappa shape index (κ2) is 8.50. The van der Waals surface area contributed by atoms with Gasteiger partial charge in [0.25, 0.3) is 0 Å². The normalized spacial score (nSPS) is 14.5. The van der Waals surface area contributed by atoms with Crippen LogP contribution in [0.5, 0.6) is 0 Å². The van der Waals surface area contributed by atoms with Gasteiger partial charge >= 0.3 is 6.85 Å². The number of aromatic nitrogens is 1. The number of para-hydroxylation sites is 5. The zero-order valence-electron chi connectivity index (χ0n) is 23.8. The lowest BCUT2D eigenvalue weighted by molar-refractivity contribution is 0.634. The molecule has 2 aliphatic heterocycles. The molecule has 0 atom stereocenters. The molecule has 198 valence electrons. The van der Waals surface area contributed by atoms with Crippen molar-refractivity contribution in [3.8, 4) is 16.8 Å². The highest BCUT2D eigenvalue weighted by molar-refractivity contribution is 6.92. The SMILES string of the molecule is CC1(C)c2ccccc2N(B2c3ccccc3-n3c4ccccc4c4cccc2c43)c2c(-c3ccccc3)cccc21. The fraction of sp³-hybridized carbons (Fsp3) is 0.0769. The van der Waals surface area contributed by atoms with Crippen LogP contribution in [0, 0.1) is 0 Å². The maximum Gasteiger partial charge on any atom is 0.332 e. The average molecular weight is 536 g/mol. The Labute approximate surface area is 246 Å². The van der Waals surface area contributed by atoms with Crippen molar-refractivity contribution in [2.45, 2.75) is 19.3 Å². The molecule has 2 nitrogen and oxygen atoms in total. The Morgan fingerprint density at radius 2 is 1.17 bits per heavy atom. The Morgan fingerprint density at radius 3 is 2.05 bits per heavy atom. The van der Waals surface area contributed by atoms with Crippen molar-refractivity contribution in [2.75, 3.05) is 4.81 Å². The largest absolute Gasteiger partial charge is 0.376 e. The first-order chi connectivity index (χ1) is 20.6. The summed E-state index contributed by atoms with van der Waals surface area (Å²) in [4.78, 5) is 2.66. The first-order valence-electron chi connectivity index (χ1n) is 14.8. The van der Waals surface area contributed by atoms with Crippen LogP contribution in [-0.4, -0.2) is 11.4 Å². The summed E-state index contributed by atoms with van der Waals surface area (Å²) in [6, 6.07) is 51.6. The first-order valence-corrected chi connectivity index (χ1v) is 14.8. The molecular weight excluding hydrogens is 507 g/mol. The number of fused-ring (bicyclic) bond motifs is 7. The van der Waals surface area contributed by atoms with E-state index < -0.39 is 0 Å². The van der Waals surface area contributed by atoms with Gasteiger partial charge in [-0.15, -0.1) is 0 Å². The van der Waals surface area contributed by atoms with Crippen LogP contribution in [0.1, 0.15) is 25.0 Å². The molecule has 42 heavy (non-hydrogen) atoms. The lowest BCUT2D eigenvalue weighted by atomic mass is 9.46. The van der Waals surface area contributed by atoms with Crippen LogP contribution in [0.15, 0.2) is 140 Å². The van der Waals surface area contributed by atoms with Gasteiger partial charge in [-0.3, -0.25) is 0 Å². The molecule has 0 fully saturated rings. The Bertz CT molecular complexity index is 2190. The lowest BCUT2D eigenvalue weighted by Gasteiger charge is -2.47. The molecule has 0 saturated heterocycles. The third-order valence-electron chi connectivity index (χ3n) is 9.62.